The SMILES string of the molecule is Cc1ccc(C(=O)Oc2ccc(/C=C(\C#N)C(=O)Nc3cccc(Cl)c3)cc2)cc1. The van der Waals surface area contributed by atoms with Crippen molar-refractivity contribution in [3.63, 3.8) is 0 Å². The van der Waals surface area contributed by atoms with Gasteiger partial charge in [-0.2, -0.15) is 5.26 Å². The number of hydrogen-bond donors (Lipinski definition) is 1. The molecular formula is C24H17ClN2O3. The average molecular weight is 417 g/mol. The smallest absolute Gasteiger partial charge is 0.343 e. The summed E-state index contributed by atoms with van der Waals surface area (Å²) in [7, 11) is 0. The quantitative estimate of drug-likeness (QED) is 0.261. The zero-order chi connectivity index (χ0) is 21.5. The molecule has 0 atom stereocenters. The van der Waals surface area contributed by atoms with Crippen LogP contribution < -0.4 is 10.1 Å². The van der Waals surface area contributed by atoms with E-state index in [4.69, 9.17) is 16.3 Å². The van der Waals surface area contributed by atoms with Gasteiger partial charge in [0.25, 0.3) is 5.91 Å². The van der Waals surface area contributed by atoms with Crippen LogP contribution in [-0.4, -0.2) is 11.9 Å². The first kappa shape index (κ1) is 20.8. The van der Waals surface area contributed by atoms with Crippen molar-refractivity contribution < 1.29 is 14.3 Å². The highest BCUT2D eigenvalue weighted by atomic mass is 35.5. The molecule has 6 heteroatoms. The number of nitrogens with zero attached hydrogens (tertiary/aromatic N) is 1. The van der Waals surface area contributed by atoms with Gasteiger partial charge in [0.2, 0.25) is 0 Å². The molecule has 0 saturated heterocycles. The number of aryl methyl sites for hydroxylation is 1. The summed E-state index contributed by atoms with van der Waals surface area (Å²) < 4.78 is 5.35. The Kier molecular flexibility index (Phi) is 6.63. The summed E-state index contributed by atoms with van der Waals surface area (Å²) in [6, 6.07) is 22.1. The van der Waals surface area contributed by atoms with Gasteiger partial charge in [-0.1, -0.05) is 47.5 Å². The minimum absolute atomic E-state index is 0.0700. The molecule has 0 bridgehead atoms. The number of nitriles is 1. The molecular weight excluding hydrogens is 400 g/mol. The van der Waals surface area contributed by atoms with Crippen LogP contribution in [0.3, 0.4) is 0 Å². The molecule has 3 rings (SSSR count). The first-order valence-electron chi connectivity index (χ1n) is 9.02. The van der Waals surface area contributed by atoms with Crippen molar-refractivity contribution in [3.8, 4) is 11.8 Å². The molecule has 0 aromatic heterocycles. The van der Waals surface area contributed by atoms with E-state index < -0.39 is 11.9 Å². The molecule has 0 aliphatic carbocycles. The Morgan fingerprint density at radius 3 is 2.37 bits per heavy atom. The lowest BCUT2D eigenvalue weighted by atomic mass is 10.1. The summed E-state index contributed by atoms with van der Waals surface area (Å²) in [5.41, 5.74) is 2.54. The fraction of sp³-hybridized carbons (Fsp3) is 0.0417. The molecule has 3 aromatic carbocycles. The van der Waals surface area contributed by atoms with E-state index in [1.165, 1.54) is 6.08 Å². The Labute approximate surface area is 179 Å². The minimum atomic E-state index is -0.547. The normalized spacial score (nSPS) is 10.8. The lowest BCUT2D eigenvalue weighted by Gasteiger charge is -2.06. The third-order valence-electron chi connectivity index (χ3n) is 4.14. The molecule has 0 heterocycles. The van der Waals surface area contributed by atoms with Gasteiger partial charge >= 0.3 is 5.97 Å². The van der Waals surface area contributed by atoms with Crippen molar-refractivity contribution in [2.45, 2.75) is 6.92 Å². The summed E-state index contributed by atoms with van der Waals surface area (Å²) in [5, 5.41) is 12.4. The van der Waals surface area contributed by atoms with Crippen molar-refractivity contribution in [2.75, 3.05) is 5.32 Å². The molecule has 3 aromatic rings. The zero-order valence-corrected chi connectivity index (χ0v) is 16.8. The third-order valence-corrected chi connectivity index (χ3v) is 4.37. The number of halogens is 1. The lowest BCUT2D eigenvalue weighted by molar-refractivity contribution is -0.112. The first-order chi connectivity index (χ1) is 14.4. The van der Waals surface area contributed by atoms with E-state index >= 15 is 0 Å². The molecule has 0 aliphatic heterocycles. The number of nitrogens with one attached hydrogen (secondary N) is 1. The number of carbonyl (C=O) groups is 2. The summed E-state index contributed by atoms with van der Waals surface area (Å²) >= 11 is 5.90. The van der Waals surface area contributed by atoms with Crippen LogP contribution in [0.15, 0.2) is 78.4 Å². The van der Waals surface area contributed by atoms with Crippen LogP contribution >= 0.6 is 11.6 Å². The third kappa shape index (κ3) is 5.57. The van der Waals surface area contributed by atoms with Gasteiger partial charge in [0.1, 0.15) is 17.4 Å². The number of ether oxygens (including phenoxy) is 1. The van der Waals surface area contributed by atoms with E-state index in [1.807, 2.05) is 25.1 Å². The van der Waals surface area contributed by atoms with Gasteiger partial charge in [0.15, 0.2) is 0 Å². The monoisotopic (exact) mass is 416 g/mol. The number of anilines is 1. The fourth-order valence-electron chi connectivity index (χ4n) is 2.57. The Bertz CT molecular complexity index is 1140. The second-order valence-corrected chi connectivity index (χ2v) is 6.90. The number of hydrogen-bond acceptors (Lipinski definition) is 4. The van der Waals surface area contributed by atoms with Crippen LogP contribution in [0.2, 0.25) is 5.02 Å². The van der Waals surface area contributed by atoms with Crippen LogP contribution in [0, 0.1) is 18.3 Å². The van der Waals surface area contributed by atoms with Crippen LogP contribution in [-0.2, 0) is 4.79 Å². The standard InChI is InChI=1S/C24H17ClN2O3/c1-16-5-9-18(10-6-16)24(29)30-22-11-7-17(8-12-22)13-19(15-26)23(28)27-21-4-2-3-20(25)14-21/h2-14H,1H3,(H,27,28)/b19-13+. The van der Waals surface area contributed by atoms with E-state index in [0.717, 1.165) is 5.56 Å². The highest BCUT2D eigenvalue weighted by Crippen LogP contribution is 2.18. The molecule has 1 N–H and O–H groups in total. The number of esters is 1. The molecule has 0 aliphatic rings. The zero-order valence-electron chi connectivity index (χ0n) is 16.1. The van der Waals surface area contributed by atoms with Crippen molar-refractivity contribution in [1.82, 2.24) is 0 Å². The highest BCUT2D eigenvalue weighted by Gasteiger charge is 2.11. The average Bonchev–Trinajstić information content (AvgIpc) is 2.73. The van der Waals surface area contributed by atoms with Gasteiger partial charge in [0.05, 0.1) is 5.56 Å². The molecule has 0 spiro atoms. The molecule has 0 unspecified atom stereocenters. The van der Waals surface area contributed by atoms with E-state index in [-0.39, 0.29) is 5.57 Å². The van der Waals surface area contributed by atoms with Crippen LogP contribution in [0.4, 0.5) is 5.69 Å². The van der Waals surface area contributed by atoms with Crippen molar-refractivity contribution in [1.29, 1.82) is 5.26 Å². The number of rotatable bonds is 5. The van der Waals surface area contributed by atoms with Crippen LogP contribution in [0.25, 0.3) is 6.08 Å². The summed E-state index contributed by atoms with van der Waals surface area (Å²) in [6.07, 6.45) is 1.45. The molecule has 0 saturated carbocycles. The summed E-state index contributed by atoms with van der Waals surface area (Å²) in [5.74, 6) is -0.647. The lowest BCUT2D eigenvalue weighted by Crippen LogP contribution is -2.13. The van der Waals surface area contributed by atoms with E-state index in [9.17, 15) is 14.9 Å². The molecule has 5 nitrogen and oxygen atoms in total. The predicted octanol–water partition coefficient (Wildman–Crippen LogP) is 5.41. The van der Waals surface area contributed by atoms with Crippen molar-refractivity contribution in [2.24, 2.45) is 0 Å². The summed E-state index contributed by atoms with van der Waals surface area (Å²) in [6.45, 7) is 1.94. The van der Waals surface area contributed by atoms with Gasteiger partial charge < -0.3 is 10.1 Å². The van der Waals surface area contributed by atoms with Crippen LogP contribution in [0.1, 0.15) is 21.5 Å². The van der Waals surface area contributed by atoms with Crippen molar-refractivity contribution in [3.05, 3.63) is 100 Å². The first-order valence-corrected chi connectivity index (χ1v) is 9.40. The second-order valence-electron chi connectivity index (χ2n) is 6.46. The van der Waals surface area contributed by atoms with E-state index in [0.29, 0.717) is 27.6 Å². The van der Waals surface area contributed by atoms with Gasteiger partial charge in [-0.3, -0.25) is 4.79 Å². The molecule has 148 valence electrons. The van der Waals surface area contributed by atoms with E-state index in [1.54, 1.807) is 60.7 Å². The Balaban J connectivity index is 1.68. The Morgan fingerprint density at radius 1 is 1.03 bits per heavy atom. The van der Waals surface area contributed by atoms with E-state index in [2.05, 4.69) is 5.32 Å². The highest BCUT2D eigenvalue weighted by molar-refractivity contribution is 6.31. The van der Waals surface area contributed by atoms with Gasteiger partial charge in [-0.05, 0) is 61.0 Å². The molecule has 30 heavy (non-hydrogen) atoms. The maximum Gasteiger partial charge on any atom is 0.343 e. The molecule has 0 radical (unpaired) electrons. The fourth-order valence-corrected chi connectivity index (χ4v) is 2.76. The van der Waals surface area contributed by atoms with Crippen molar-refractivity contribution >= 4 is 35.2 Å². The number of benzene rings is 3. The topological polar surface area (TPSA) is 79.2 Å². The maximum atomic E-state index is 12.3. The van der Waals surface area contributed by atoms with Gasteiger partial charge in [-0.15, -0.1) is 0 Å². The molecule has 0 fully saturated rings. The predicted molar refractivity (Wildman–Crippen MR) is 116 cm³/mol. The minimum Gasteiger partial charge on any atom is -0.423 e. The number of amides is 1. The van der Waals surface area contributed by atoms with Crippen LogP contribution in [0.5, 0.6) is 5.75 Å². The van der Waals surface area contributed by atoms with Gasteiger partial charge in [0, 0.05) is 10.7 Å². The maximum absolute atomic E-state index is 12.3. The summed E-state index contributed by atoms with van der Waals surface area (Å²) in [4.78, 5) is 24.5. The van der Waals surface area contributed by atoms with Gasteiger partial charge in [-0.25, -0.2) is 4.79 Å². The number of carbonyl (C=O) groups excluding carboxylic acids is 2. The Morgan fingerprint density at radius 2 is 1.73 bits per heavy atom. The molecule has 1 amide bonds. The Hall–Kier alpha value is -3.88. The largest absolute Gasteiger partial charge is 0.423 e. The second kappa shape index (κ2) is 9.55.